The molecular weight excluding hydrogens is 428 g/mol. The number of aryl methyl sites for hydroxylation is 1. The number of rotatable bonds is 9. The zero-order chi connectivity index (χ0) is 23.2. The molecule has 2 aromatic carbocycles. The summed E-state index contributed by atoms with van der Waals surface area (Å²) in [5, 5.41) is 3.96. The molecule has 0 aliphatic rings. The fourth-order valence-corrected chi connectivity index (χ4v) is 4.62. The van der Waals surface area contributed by atoms with Crippen LogP contribution in [0.25, 0.3) is 11.0 Å². The van der Waals surface area contributed by atoms with Gasteiger partial charge in [0.1, 0.15) is 0 Å². The summed E-state index contributed by atoms with van der Waals surface area (Å²) in [5.74, 6) is 1.35. The number of imidazole rings is 1. The summed E-state index contributed by atoms with van der Waals surface area (Å²) >= 11 is 1.71. The summed E-state index contributed by atoms with van der Waals surface area (Å²) in [5.41, 5.74) is 6.39. The Bertz CT molecular complexity index is 1230. The van der Waals surface area contributed by atoms with Gasteiger partial charge in [0.25, 0.3) is 5.91 Å². The van der Waals surface area contributed by atoms with Gasteiger partial charge in [-0.05, 0) is 54.2 Å². The Morgan fingerprint density at radius 2 is 1.88 bits per heavy atom. The van der Waals surface area contributed by atoms with E-state index in [2.05, 4.69) is 59.9 Å². The maximum Gasteiger partial charge on any atom is 0.251 e. The van der Waals surface area contributed by atoms with Crippen LogP contribution in [0.4, 0.5) is 0 Å². The zero-order valence-electron chi connectivity index (χ0n) is 19.4. The smallest absolute Gasteiger partial charge is 0.251 e. The van der Waals surface area contributed by atoms with Crippen molar-refractivity contribution in [1.29, 1.82) is 0 Å². The molecule has 5 nitrogen and oxygen atoms in total. The Morgan fingerprint density at radius 1 is 1.09 bits per heavy atom. The van der Waals surface area contributed by atoms with E-state index in [4.69, 9.17) is 4.98 Å². The molecule has 0 saturated carbocycles. The van der Waals surface area contributed by atoms with Crippen molar-refractivity contribution < 1.29 is 4.79 Å². The van der Waals surface area contributed by atoms with E-state index in [0.717, 1.165) is 40.5 Å². The van der Waals surface area contributed by atoms with E-state index < -0.39 is 0 Å². The van der Waals surface area contributed by atoms with Crippen LogP contribution in [0.5, 0.6) is 0 Å². The summed E-state index contributed by atoms with van der Waals surface area (Å²) in [4.78, 5) is 21.5. The van der Waals surface area contributed by atoms with Gasteiger partial charge in [0, 0.05) is 24.1 Å². The molecule has 2 heterocycles. The molecule has 0 saturated heterocycles. The van der Waals surface area contributed by atoms with E-state index >= 15 is 0 Å². The number of thioether (sulfide) groups is 1. The summed E-state index contributed by atoms with van der Waals surface area (Å²) < 4.78 is 2.24. The lowest BCUT2D eigenvalue weighted by Gasteiger charge is -2.11. The molecule has 0 aliphatic heterocycles. The highest BCUT2D eigenvalue weighted by atomic mass is 32.2. The van der Waals surface area contributed by atoms with Gasteiger partial charge in [-0.1, -0.05) is 62.0 Å². The van der Waals surface area contributed by atoms with Crippen molar-refractivity contribution >= 4 is 28.7 Å². The summed E-state index contributed by atoms with van der Waals surface area (Å²) in [7, 11) is 0. The molecule has 0 bridgehead atoms. The van der Waals surface area contributed by atoms with E-state index in [0.29, 0.717) is 18.0 Å². The van der Waals surface area contributed by atoms with Crippen molar-refractivity contribution in [3.63, 3.8) is 0 Å². The first-order valence-corrected chi connectivity index (χ1v) is 12.3. The van der Waals surface area contributed by atoms with Crippen LogP contribution >= 0.6 is 11.8 Å². The second-order valence-corrected chi connectivity index (χ2v) is 9.64. The third-order valence-corrected chi connectivity index (χ3v) is 6.74. The molecule has 0 unspecified atom stereocenters. The first-order valence-electron chi connectivity index (χ1n) is 11.4. The Morgan fingerprint density at radius 3 is 2.64 bits per heavy atom. The molecule has 170 valence electrons. The molecule has 0 fully saturated rings. The minimum atomic E-state index is -0.0117. The van der Waals surface area contributed by atoms with Crippen molar-refractivity contribution in [3.8, 4) is 0 Å². The van der Waals surface area contributed by atoms with Crippen LogP contribution in [0.2, 0.25) is 0 Å². The number of nitrogens with zero attached hydrogens (tertiary/aromatic N) is 3. The molecule has 1 amide bonds. The van der Waals surface area contributed by atoms with Gasteiger partial charge >= 0.3 is 0 Å². The normalized spacial score (nSPS) is 11.3. The van der Waals surface area contributed by atoms with Crippen LogP contribution in [0.1, 0.15) is 47.3 Å². The quantitative estimate of drug-likeness (QED) is 0.319. The number of carbonyl (C=O) groups excluding carboxylic acids is 1. The van der Waals surface area contributed by atoms with Gasteiger partial charge < -0.3 is 9.88 Å². The number of hydrogen-bond acceptors (Lipinski definition) is 4. The minimum absolute atomic E-state index is 0.0117. The van der Waals surface area contributed by atoms with E-state index in [9.17, 15) is 4.79 Å². The SMILES string of the molecule is Cc1ccccc1Cn1c(SCc2ccc(C(=O)NCCC(C)C)cc2)nc2ccncc21. The van der Waals surface area contributed by atoms with Crippen molar-refractivity contribution in [1.82, 2.24) is 19.9 Å². The van der Waals surface area contributed by atoms with Crippen LogP contribution in [-0.2, 0) is 12.3 Å². The highest BCUT2D eigenvalue weighted by Gasteiger charge is 2.13. The van der Waals surface area contributed by atoms with Crippen LogP contribution in [0, 0.1) is 12.8 Å². The number of amides is 1. The van der Waals surface area contributed by atoms with E-state index in [1.807, 2.05) is 36.5 Å². The number of pyridine rings is 1. The fraction of sp³-hybridized carbons (Fsp3) is 0.296. The number of nitrogens with one attached hydrogen (secondary N) is 1. The maximum absolute atomic E-state index is 12.3. The highest BCUT2D eigenvalue weighted by Crippen LogP contribution is 2.28. The van der Waals surface area contributed by atoms with Gasteiger partial charge in [-0.2, -0.15) is 0 Å². The van der Waals surface area contributed by atoms with Crippen LogP contribution in [0.3, 0.4) is 0 Å². The topological polar surface area (TPSA) is 59.8 Å². The van der Waals surface area contributed by atoms with Gasteiger partial charge in [0.2, 0.25) is 0 Å². The van der Waals surface area contributed by atoms with E-state index in [1.165, 1.54) is 11.1 Å². The largest absolute Gasteiger partial charge is 0.352 e. The van der Waals surface area contributed by atoms with Crippen LogP contribution < -0.4 is 5.32 Å². The Labute approximate surface area is 199 Å². The number of carbonyl (C=O) groups is 1. The number of aromatic nitrogens is 3. The van der Waals surface area contributed by atoms with Gasteiger partial charge in [-0.25, -0.2) is 4.98 Å². The lowest BCUT2D eigenvalue weighted by atomic mass is 10.1. The fourth-order valence-electron chi connectivity index (χ4n) is 3.65. The molecule has 0 radical (unpaired) electrons. The van der Waals surface area contributed by atoms with Gasteiger partial charge in [0.15, 0.2) is 5.16 Å². The van der Waals surface area contributed by atoms with Gasteiger partial charge in [-0.3, -0.25) is 9.78 Å². The van der Waals surface area contributed by atoms with Crippen molar-refractivity contribution in [2.45, 2.75) is 44.6 Å². The molecule has 1 N–H and O–H groups in total. The summed E-state index contributed by atoms with van der Waals surface area (Å²) in [6.45, 7) is 7.92. The highest BCUT2D eigenvalue weighted by molar-refractivity contribution is 7.98. The molecule has 2 aromatic heterocycles. The predicted octanol–water partition coefficient (Wildman–Crippen LogP) is 5.86. The number of benzene rings is 2. The van der Waals surface area contributed by atoms with Crippen LogP contribution in [0.15, 0.2) is 72.1 Å². The third kappa shape index (κ3) is 5.82. The molecule has 4 rings (SSSR count). The van der Waals surface area contributed by atoms with Crippen molar-refractivity contribution in [2.75, 3.05) is 6.54 Å². The number of hydrogen-bond donors (Lipinski definition) is 1. The maximum atomic E-state index is 12.3. The molecule has 4 aromatic rings. The minimum Gasteiger partial charge on any atom is -0.352 e. The molecule has 6 heteroatoms. The Balaban J connectivity index is 1.47. The molecular formula is C27H30N4OS. The standard InChI is InChI=1S/C27H30N4OS/c1-19(2)12-15-29-26(32)22-10-8-21(9-11-22)18-33-27-30-24-13-14-28-16-25(24)31(27)17-23-7-5-4-6-20(23)3/h4-11,13-14,16,19H,12,15,17-18H2,1-3H3,(H,29,32). The first kappa shape index (κ1) is 23.1. The van der Waals surface area contributed by atoms with Crippen molar-refractivity contribution in [2.24, 2.45) is 5.92 Å². The lowest BCUT2D eigenvalue weighted by molar-refractivity contribution is 0.0952. The zero-order valence-corrected chi connectivity index (χ0v) is 20.2. The average Bonchev–Trinajstić information content (AvgIpc) is 3.16. The second-order valence-electron chi connectivity index (χ2n) is 8.70. The van der Waals surface area contributed by atoms with Gasteiger partial charge in [0.05, 0.1) is 23.8 Å². The Hall–Kier alpha value is -3.12. The van der Waals surface area contributed by atoms with E-state index in [-0.39, 0.29) is 5.91 Å². The number of fused-ring (bicyclic) bond motifs is 1. The van der Waals surface area contributed by atoms with E-state index in [1.54, 1.807) is 18.0 Å². The second kappa shape index (κ2) is 10.7. The monoisotopic (exact) mass is 458 g/mol. The first-order chi connectivity index (χ1) is 16.0. The molecule has 33 heavy (non-hydrogen) atoms. The molecule has 0 aliphatic carbocycles. The lowest BCUT2D eigenvalue weighted by Crippen LogP contribution is -2.25. The third-order valence-electron chi connectivity index (χ3n) is 5.70. The predicted molar refractivity (Wildman–Crippen MR) is 136 cm³/mol. The average molecular weight is 459 g/mol. The molecule has 0 atom stereocenters. The Kier molecular flexibility index (Phi) is 7.45. The van der Waals surface area contributed by atoms with Crippen molar-refractivity contribution in [3.05, 3.63) is 89.2 Å². The summed E-state index contributed by atoms with van der Waals surface area (Å²) in [6.07, 6.45) is 4.66. The van der Waals surface area contributed by atoms with Gasteiger partial charge in [-0.15, -0.1) is 0 Å². The summed E-state index contributed by atoms with van der Waals surface area (Å²) in [6, 6.07) is 18.3. The van der Waals surface area contributed by atoms with Crippen LogP contribution in [-0.4, -0.2) is 27.0 Å². The molecule has 0 spiro atoms.